The van der Waals surface area contributed by atoms with E-state index in [1.54, 1.807) is 13.8 Å². The predicted molar refractivity (Wildman–Crippen MR) is 120 cm³/mol. The molecule has 3 heterocycles. The van der Waals surface area contributed by atoms with Gasteiger partial charge in [-0.3, -0.25) is 4.79 Å². The van der Waals surface area contributed by atoms with Crippen LogP contribution in [0.15, 0.2) is 42.6 Å². The molecule has 0 spiro atoms. The molecule has 1 aromatic heterocycles. The molecule has 160 valence electrons. The zero-order valence-corrected chi connectivity index (χ0v) is 18.2. The number of aliphatic hydroxyl groups is 1. The van der Waals surface area contributed by atoms with Crippen molar-refractivity contribution in [2.75, 3.05) is 49.6 Å². The van der Waals surface area contributed by atoms with Gasteiger partial charge in [0.25, 0.3) is 0 Å². The molecule has 0 radical (unpaired) electrons. The number of anilines is 2. The quantitative estimate of drug-likeness (QED) is 0.824. The van der Waals surface area contributed by atoms with Gasteiger partial charge in [0.15, 0.2) is 0 Å². The van der Waals surface area contributed by atoms with E-state index in [1.165, 1.54) is 5.56 Å². The number of piperazine rings is 1. The van der Waals surface area contributed by atoms with Gasteiger partial charge in [0.05, 0.1) is 5.60 Å². The van der Waals surface area contributed by atoms with Crippen LogP contribution in [0.5, 0.6) is 0 Å². The first-order valence-electron chi connectivity index (χ1n) is 10.8. The van der Waals surface area contributed by atoms with Gasteiger partial charge in [-0.15, -0.1) is 0 Å². The van der Waals surface area contributed by atoms with Crippen LogP contribution >= 0.6 is 0 Å². The highest BCUT2D eigenvalue weighted by Gasteiger charge is 2.33. The standard InChI is InChI=1S/C24H32N4O2/c1-24(2,30)20-6-8-21(9-7-20)28-12-10-19(23(28)29)17-18-5-4-11-25-22(18)27-15-13-26(3)14-16-27/h4-9,11,19,30H,10,12-17H2,1-3H3. The zero-order valence-electron chi connectivity index (χ0n) is 18.2. The summed E-state index contributed by atoms with van der Waals surface area (Å²) in [6, 6.07) is 11.8. The molecule has 2 aromatic rings. The number of hydrogen-bond donors (Lipinski definition) is 1. The Morgan fingerprint density at radius 2 is 1.77 bits per heavy atom. The molecule has 0 saturated carbocycles. The fourth-order valence-electron chi connectivity index (χ4n) is 4.39. The van der Waals surface area contributed by atoms with Gasteiger partial charge in [0.1, 0.15) is 5.82 Å². The largest absolute Gasteiger partial charge is 0.386 e. The average Bonchev–Trinajstić information content (AvgIpc) is 3.09. The molecule has 2 aliphatic heterocycles. The summed E-state index contributed by atoms with van der Waals surface area (Å²) in [6.45, 7) is 8.28. The van der Waals surface area contributed by atoms with Gasteiger partial charge in [-0.25, -0.2) is 4.98 Å². The monoisotopic (exact) mass is 408 g/mol. The minimum atomic E-state index is -0.879. The predicted octanol–water partition coefficient (Wildman–Crippen LogP) is 2.66. The van der Waals surface area contributed by atoms with E-state index in [0.717, 1.165) is 62.6 Å². The number of likely N-dealkylation sites (N-methyl/N-ethyl adjacent to an activating group) is 1. The topological polar surface area (TPSA) is 59.9 Å². The van der Waals surface area contributed by atoms with Crippen LogP contribution < -0.4 is 9.80 Å². The highest BCUT2D eigenvalue weighted by Crippen LogP contribution is 2.31. The Morgan fingerprint density at radius 1 is 1.07 bits per heavy atom. The lowest BCUT2D eigenvalue weighted by Crippen LogP contribution is -2.45. The second kappa shape index (κ2) is 8.36. The molecule has 0 bridgehead atoms. The normalized spacial score (nSPS) is 20.8. The van der Waals surface area contributed by atoms with E-state index < -0.39 is 5.60 Å². The smallest absolute Gasteiger partial charge is 0.230 e. The lowest BCUT2D eigenvalue weighted by Gasteiger charge is -2.34. The number of aromatic nitrogens is 1. The molecule has 1 aromatic carbocycles. The Labute approximate surface area is 179 Å². The van der Waals surface area contributed by atoms with Gasteiger partial charge < -0.3 is 19.8 Å². The van der Waals surface area contributed by atoms with Crippen molar-refractivity contribution in [1.29, 1.82) is 0 Å². The van der Waals surface area contributed by atoms with E-state index in [9.17, 15) is 9.90 Å². The lowest BCUT2D eigenvalue weighted by molar-refractivity contribution is -0.120. The molecule has 6 heteroatoms. The van der Waals surface area contributed by atoms with Crippen molar-refractivity contribution in [3.05, 3.63) is 53.7 Å². The number of carbonyl (C=O) groups excluding carboxylic acids is 1. The molecular formula is C24H32N4O2. The molecule has 1 N–H and O–H groups in total. The Balaban J connectivity index is 1.46. The fourth-order valence-corrected chi connectivity index (χ4v) is 4.39. The van der Waals surface area contributed by atoms with Crippen LogP contribution in [0.1, 0.15) is 31.4 Å². The van der Waals surface area contributed by atoms with Gasteiger partial charge in [-0.1, -0.05) is 18.2 Å². The molecule has 2 aliphatic rings. The maximum atomic E-state index is 13.2. The lowest BCUT2D eigenvalue weighted by atomic mass is 9.97. The molecule has 1 amide bonds. The van der Waals surface area contributed by atoms with Crippen LogP contribution in [0.3, 0.4) is 0 Å². The summed E-state index contributed by atoms with van der Waals surface area (Å²) in [7, 11) is 2.15. The van der Waals surface area contributed by atoms with Crippen molar-refractivity contribution in [3.8, 4) is 0 Å². The number of carbonyl (C=O) groups is 1. The van der Waals surface area contributed by atoms with E-state index in [-0.39, 0.29) is 11.8 Å². The molecule has 1 atom stereocenters. The highest BCUT2D eigenvalue weighted by molar-refractivity contribution is 5.97. The first kappa shape index (κ1) is 20.8. The first-order chi connectivity index (χ1) is 14.3. The summed E-state index contributed by atoms with van der Waals surface area (Å²) in [5, 5.41) is 10.2. The third-order valence-electron chi connectivity index (χ3n) is 6.34. The molecule has 2 fully saturated rings. The Morgan fingerprint density at radius 3 is 2.43 bits per heavy atom. The number of benzene rings is 1. The summed E-state index contributed by atoms with van der Waals surface area (Å²) >= 11 is 0. The van der Waals surface area contributed by atoms with E-state index in [4.69, 9.17) is 0 Å². The summed E-state index contributed by atoms with van der Waals surface area (Å²) in [5.41, 5.74) is 2.04. The third-order valence-corrected chi connectivity index (χ3v) is 6.34. The second-order valence-corrected chi connectivity index (χ2v) is 9.06. The minimum Gasteiger partial charge on any atom is -0.386 e. The fraction of sp³-hybridized carbons (Fsp3) is 0.500. The summed E-state index contributed by atoms with van der Waals surface area (Å²) < 4.78 is 0. The number of pyridine rings is 1. The van der Waals surface area contributed by atoms with Crippen molar-refractivity contribution in [2.45, 2.75) is 32.3 Å². The van der Waals surface area contributed by atoms with Crippen molar-refractivity contribution in [2.24, 2.45) is 5.92 Å². The van der Waals surface area contributed by atoms with Crippen molar-refractivity contribution >= 4 is 17.4 Å². The molecule has 6 nitrogen and oxygen atoms in total. The van der Waals surface area contributed by atoms with Gasteiger partial charge >= 0.3 is 0 Å². The van der Waals surface area contributed by atoms with Gasteiger partial charge in [0, 0.05) is 50.5 Å². The van der Waals surface area contributed by atoms with Crippen molar-refractivity contribution in [1.82, 2.24) is 9.88 Å². The van der Waals surface area contributed by atoms with E-state index in [0.29, 0.717) is 0 Å². The third kappa shape index (κ3) is 4.35. The van der Waals surface area contributed by atoms with Crippen LogP contribution in [0.25, 0.3) is 0 Å². The number of amides is 1. The average molecular weight is 409 g/mol. The Kier molecular flexibility index (Phi) is 5.80. The summed E-state index contributed by atoms with van der Waals surface area (Å²) in [5.74, 6) is 1.19. The van der Waals surface area contributed by atoms with Crippen LogP contribution in [0.2, 0.25) is 0 Å². The molecule has 1 unspecified atom stereocenters. The molecule has 2 saturated heterocycles. The zero-order chi connectivity index (χ0) is 21.3. The van der Waals surface area contributed by atoms with E-state index >= 15 is 0 Å². The summed E-state index contributed by atoms with van der Waals surface area (Å²) in [6.07, 6.45) is 3.43. The van der Waals surface area contributed by atoms with Gasteiger partial charge in [-0.05, 0) is 63.1 Å². The highest BCUT2D eigenvalue weighted by atomic mass is 16.3. The number of nitrogens with zero attached hydrogens (tertiary/aromatic N) is 4. The summed E-state index contributed by atoms with van der Waals surface area (Å²) in [4.78, 5) is 24.4. The minimum absolute atomic E-state index is 0.0191. The maximum absolute atomic E-state index is 13.2. The maximum Gasteiger partial charge on any atom is 0.230 e. The van der Waals surface area contributed by atoms with Crippen LogP contribution in [0, 0.1) is 5.92 Å². The van der Waals surface area contributed by atoms with E-state index in [2.05, 4.69) is 27.9 Å². The SMILES string of the molecule is CN1CCN(c2ncccc2CC2CCN(c3ccc(C(C)(C)O)cc3)C2=O)CC1. The van der Waals surface area contributed by atoms with Gasteiger partial charge in [-0.2, -0.15) is 0 Å². The molecule has 30 heavy (non-hydrogen) atoms. The first-order valence-corrected chi connectivity index (χ1v) is 10.8. The Hall–Kier alpha value is -2.44. The van der Waals surface area contributed by atoms with Gasteiger partial charge in [0.2, 0.25) is 5.91 Å². The molecular weight excluding hydrogens is 376 g/mol. The number of hydrogen-bond acceptors (Lipinski definition) is 5. The van der Waals surface area contributed by atoms with Crippen molar-refractivity contribution in [3.63, 3.8) is 0 Å². The molecule has 4 rings (SSSR count). The Bertz CT molecular complexity index is 883. The van der Waals surface area contributed by atoms with Crippen LogP contribution in [-0.4, -0.2) is 60.7 Å². The van der Waals surface area contributed by atoms with E-state index in [1.807, 2.05) is 41.4 Å². The molecule has 0 aliphatic carbocycles. The number of rotatable bonds is 5. The van der Waals surface area contributed by atoms with Crippen LogP contribution in [-0.2, 0) is 16.8 Å². The van der Waals surface area contributed by atoms with Crippen molar-refractivity contribution < 1.29 is 9.90 Å². The second-order valence-electron chi connectivity index (χ2n) is 9.06. The van der Waals surface area contributed by atoms with Crippen LogP contribution in [0.4, 0.5) is 11.5 Å².